The molecule has 0 aliphatic heterocycles. The van der Waals surface area contributed by atoms with Gasteiger partial charge in [0.1, 0.15) is 5.75 Å². The van der Waals surface area contributed by atoms with Crippen molar-refractivity contribution in [3.8, 4) is 5.75 Å². The highest BCUT2D eigenvalue weighted by Gasteiger charge is 2.61. The molecule has 0 saturated heterocycles. The maximum atomic E-state index is 13.9. The van der Waals surface area contributed by atoms with Crippen LogP contribution in [0.1, 0.15) is 43.7 Å². The Morgan fingerprint density at radius 2 is 1.92 bits per heavy atom. The van der Waals surface area contributed by atoms with Crippen LogP contribution in [0.2, 0.25) is 0 Å². The zero-order chi connectivity index (χ0) is 19.5. The summed E-state index contributed by atoms with van der Waals surface area (Å²) < 4.78 is 47.1. The summed E-state index contributed by atoms with van der Waals surface area (Å²) in [7, 11) is 3.16. The van der Waals surface area contributed by atoms with Crippen LogP contribution in [0.3, 0.4) is 0 Å². The second-order valence-electron chi connectivity index (χ2n) is 6.90. The Morgan fingerprint density at radius 3 is 2.42 bits per heavy atom. The molecule has 0 spiro atoms. The third-order valence-electron chi connectivity index (χ3n) is 5.20. The number of aryl methyl sites for hydroxylation is 1. The van der Waals surface area contributed by atoms with E-state index >= 15 is 0 Å². The van der Waals surface area contributed by atoms with Gasteiger partial charge in [-0.3, -0.25) is 0 Å². The fourth-order valence-corrected chi connectivity index (χ4v) is 3.47. The number of benzene rings is 1. The van der Waals surface area contributed by atoms with E-state index in [4.69, 9.17) is 4.74 Å². The monoisotopic (exact) mass is 372 g/mol. The third kappa shape index (κ3) is 3.82. The van der Waals surface area contributed by atoms with Crippen LogP contribution in [0.5, 0.6) is 5.75 Å². The minimum absolute atomic E-state index is 0.00799. The number of ether oxygens (including phenoxy) is 1. The summed E-state index contributed by atoms with van der Waals surface area (Å²) in [6.45, 7) is 4.41. The predicted octanol–water partition coefficient (Wildman–Crippen LogP) is 4.56. The molecule has 1 aromatic carbocycles. The molecule has 0 heterocycles. The fraction of sp³-hybridized carbons (Fsp3) is 0.632. The summed E-state index contributed by atoms with van der Waals surface area (Å²) in [5.74, 6) is -0.856. The van der Waals surface area contributed by atoms with Gasteiger partial charge >= 0.3 is 6.18 Å². The highest BCUT2D eigenvalue weighted by atomic mass is 19.4. The molecule has 1 fully saturated rings. The molecule has 26 heavy (non-hydrogen) atoms. The van der Waals surface area contributed by atoms with Gasteiger partial charge < -0.3 is 14.7 Å². The number of hydrogen-bond acceptors (Lipinski definition) is 3. The Bertz CT molecular complexity index is 655. The number of aliphatic hydroxyl groups is 1. The smallest absolute Gasteiger partial charge is 0.421 e. The summed E-state index contributed by atoms with van der Waals surface area (Å²) in [6.07, 6.45) is -1.09. The van der Waals surface area contributed by atoms with Crippen molar-refractivity contribution < 1.29 is 23.0 Å². The highest BCUT2D eigenvalue weighted by molar-refractivity contribution is 5.65. The third-order valence-corrected chi connectivity index (χ3v) is 5.20. The molecule has 1 N–H and O–H groups in total. The minimum atomic E-state index is -4.78. The van der Waals surface area contributed by atoms with Crippen molar-refractivity contribution in [1.82, 2.24) is 4.90 Å². The van der Waals surface area contributed by atoms with Crippen LogP contribution < -0.4 is 4.74 Å². The van der Waals surface area contributed by atoms with Crippen molar-refractivity contribution in [2.45, 2.75) is 51.3 Å². The molecule has 1 aromatic rings. The molecule has 2 rings (SSSR count). The number of aliphatic imine (C=N–C) groups is 1. The number of alkyl halides is 3. The number of methoxy groups -OCH3 is 1. The first-order valence-corrected chi connectivity index (χ1v) is 8.87. The van der Waals surface area contributed by atoms with Crippen molar-refractivity contribution in [3.05, 3.63) is 23.3 Å². The molecular formula is C19H27F3N2O2. The lowest BCUT2D eigenvalue weighted by Gasteiger charge is -2.37. The lowest BCUT2D eigenvalue weighted by atomic mass is 9.78. The fourth-order valence-electron chi connectivity index (χ4n) is 3.47. The minimum Gasteiger partial charge on any atom is -0.496 e. The van der Waals surface area contributed by atoms with Crippen LogP contribution in [-0.2, 0) is 5.60 Å². The second-order valence-corrected chi connectivity index (χ2v) is 6.90. The molecule has 146 valence electrons. The molecule has 0 bridgehead atoms. The van der Waals surface area contributed by atoms with Crippen molar-refractivity contribution in [2.24, 2.45) is 10.9 Å². The Balaban J connectivity index is 2.56. The van der Waals surface area contributed by atoms with E-state index < -0.39 is 17.7 Å². The van der Waals surface area contributed by atoms with Crippen LogP contribution in [0.15, 0.2) is 17.1 Å². The van der Waals surface area contributed by atoms with Crippen molar-refractivity contribution >= 4 is 12.0 Å². The first-order valence-electron chi connectivity index (χ1n) is 8.87. The van der Waals surface area contributed by atoms with E-state index in [0.29, 0.717) is 36.9 Å². The van der Waals surface area contributed by atoms with Gasteiger partial charge in [-0.25, -0.2) is 4.99 Å². The summed E-state index contributed by atoms with van der Waals surface area (Å²) in [6, 6.07) is 2.83. The van der Waals surface area contributed by atoms with E-state index in [2.05, 4.69) is 4.99 Å². The van der Waals surface area contributed by atoms with E-state index in [1.54, 1.807) is 13.3 Å². The lowest BCUT2D eigenvalue weighted by Crippen LogP contribution is -2.48. The topological polar surface area (TPSA) is 45.1 Å². The number of halogens is 3. The quantitative estimate of drug-likeness (QED) is 0.588. The summed E-state index contributed by atoms with van der Waals surface area (Å²) in [5.41, 5.74) is -2.06. The molecule has 1 aliphatic rings. The number of hydrogen-bond donors (Lipinski definition) is 1. The zero-order valence-corrected chi connectivity index (χ0v) is 15.7. The van der Waals surface area contributed by atoms with Crippen LogP contribution in [-0.4, -0.2) is 43.2 Å². The normalized spacial score (nSPS) is 18.3. The zero-order valence-electron chi connectivity index (χ0n) is 15.7. The average Bonchev–Trinajstić information content (AvgIpc) is 3.13. The summed E-state index contributed by atoms with van der Waals surface area (Å²) in [4.78, 5) is 6.18. The molecule has 1 unspecified atom stereocenters. The van der Waals surface area contributed by atoms with E-state index in [1.165, 1.54) is 19.2 Å². The van der Waals surface area contributed by atoms with Gasteiger partial charge in [-0.2, -0.15) is 13.2 Å². The summed E-state index contributed by atoms with van der Waals surface area (Å²) in [5, 5.41) is 10.9. The Kier molecular flexibility index (Phi) is 6.21. The maximum absolute atomic E-state index is 13.9. The van der Waals surface area contributed by atoms with Gasteiger partial charge in [0.15, 0.2) is 5.60 Å². The molecule has 7 heteroatoms. The molecule has 0 radical (unpaired) electrons. The van der Waals surface area contributed by atoms with Crippen LogP contribution in [0, 0.1) is 12.8 Å². The molecule has 0 aromatic heterocycles. The average molecular weight is 372 g/mol. The van der Waals surface area contributed by atoms with Gasteiger partial charge in [0.2, 0.25) is 0 Å². The number of rotatable bonds is 6. The Hall–Kier alpha value is -1.76. The first kappa shape index (κ1) is 20.6. The van der Waals surface area contributed by atoms with E-state index in [-0.39, 0.29) is 11.3 Å². The Morgan fingerprint density at radius 1 is 1.31 bits per heavy atom. The van der Waals surface area contributed by atoms with E-state index in [1.807, 2.05) is 18.9 Å². The Labute approximate surface area is 152 Å². The predicted molar refractivity (Wildman–Crippen MR) is 96.1 cm³/mol. The van der Waals surface area contributed by atoms with Crippen LogP contribution >= 0.6 is 0 Å². The van der Waals surface area contributed by atoms with Gasteiger partial charge in [-0.05, 0) is 38.3 Å². The molecule has 4 nitrogen and oxygen atoms in total. The molecule has 0 amide bonds. The van der Waals surface area contributed by atoms with E-state index in [0.717, 1.165) is 6.54 Å². The second kappa shape index (κ2) is 7.86. The van der Waals surface area contributed by atoms with Crippen molar-refractivity contribution in [1.29, 1.82) is 0 Å². The number of nitrogens with zero attached hydrogens (tertiary/aromatic N) is 2. The van der Waals surface area contributed by atoms with Gasteiger partial charge in [0, 0.05) is 31.1 Å². The largest absolute Gasteiger partial charge is 0.496 e. The van der Waals surface area contributed by atoms with Crippen molar-refractivity contribution in [3.63, 3.8) is 0 Å². The first-order chi connectivity index (χ1) is 12.1. The maximum Gasteiger partial charge on any atom is 0.421 e. The molecular weight excluding hydrogens is 345 g/mol. The van der Waals surface area contributed by atoms with Gasteiger partial charge in [-0.1, -0.05) is 12.8 Å². The standard InChI is InChI=1S/C19H27F3N2O2/c1-5-24(3)12-23-16-11-17(26-4)15(10-13(16)2)18(25,19(20,21)22)14-8-6-7-9-14/h10-12,14,25H,5-9H2,1-4H3. The van der Waals surface area contributed by atoms with E-state index in [9.17, 15) is 18.3 Å². The molecule has 1 aliphatic carbocycles. The van der Waals surface area contributed by atoms with Gasteiger partial charge in [-0.15, -0.1) is 0 Å². The SMILES string of the molecule is CCN(C)C=Nc1cc(OC)c(C(O)(C2CCCC2)C(F)(F)F)cc1C. The van der Waals surface area contributed by atoms with Gasteiger partial charge in [0.25, 0.3) is 0 Å². The highest BCUT2D eigenvalue weighted by Crippen LogP contribution is 2.53. The lowest BCUT2D eigenvalue weighted by molar-refractivity contribution is -0.286. The van der Waals surface area contributed by atoms with Crippen LogP contribution in [0.4, 0.5) is 18.9 Å². The van der Waals surface area contributed by atoms with Gasteiger partial charge in [0.05, 0.1) is 19.1 Å². The summed E-state index contributed by atoms with van der Waals surface area (Å²) >= 11 is 0. The van der Waals surface area contributed by atoms with Crippen molar-refractivity contribution in [2.75, 3.05) is 20.7 Å². The van der Waals surface area contributed by atoms with Crippen LogP contribution in [0.25, 0.3) is 0 Å². The molecule has 1 atom stereocenters. The molecule has 1 saturated carbocycles.